The second-order valence-electron chi connectivity index (χ2n) is 7.41. The summed E-state index contributed by atoms with van der Waals surface area (Å²) >= 11 is 0. The summed E-state index contributed by atoms with van der Waals surface area (Å²) in [5.41, 5.74) is -0.0215. The standard InChI is InChI=1S/C21H21F3N6O2/c1-14-25-10-12-30(14)19-9-8-18(27-28-19)29-11-4-5-15(13-29)20(31)26-16-6-2-3-7-17(16)32-21(22,23)24/h2-3,6-10,12,15H,4-5,11,13H2,1H3,(H,26,31). The molecule has 1 atom stereocenters. The van der Waals surface area contributed by atoms with Gasteiger partial charge >= 0.3 is 6.36 Å². The third kappa shape index (κ3) is 4.98. The van der Waals surface area contributed by atoms with E-state index in [2.05, 4.69) is 25.2 Å². The second-order valence-corrected chi connectivity index (χ2v) is 7.41. The van der Waals surface area contributed by atoms with Crippen molar-refractivity contribution < 1.29 is 22.7 Å². The SMILES string of the molecule is Cc1nccn1-c1ccc(N2CCCC(C(=O)Nc3ccccc3OC(F)(F)F)C2)nn1. The predicted octanol–water partition coefficient (Wildman–Crippen LogP) is 3.72. The Kier molecular flexibility index (Phi) is 5.97. The van der Waals surface area contributed by atoms with E-state index in [4.69, 9.17) is 0 Å². The first kappa shape index (κ1) is 21.6. The third-order valence-electron chi connectivity index (χ3n) is 5.20. The van der Waals surface area contributed by atoms with Crippen molar-refractivity contribution in [1.29, 1.82) is 0 Å². The van der Waals surface area contributed by atoms with Crippen LogP contribution in [-0.4, -0.2) is 45.1 Å². The zero-order chi connectivity index (χ0) is 22.7. The van der Waals surface area contributed by atoms with Crippen molar-refractivity contribution >= 4 is 17.4 Å². The summed E-state index contributed by atoms with van der Waals surface area (Å²) in [6, 6.07) is 9.13. The first-order valence-corrected chi connectivity index (χ1v) is 10.0. The van der Waals surface area contributed by atoms with Gasteiger partial charge in [-0.25, -0.2) is 4.98 Å². The molecule has 2 aromatic heterocycles. The molecule has 1 unspecified atom stereocenters. The van der Waals surface area contributed by atoms with Crippen molar-refractivity contribution in [3.63, 3.8) is 0 Å². The maximum Gasteiger partial charge on any atom is 0.573 e. The van der Waals surface area contributed by atoms with Gasteiger partial charge in [0, 0.05) is 25.5 Å². The summed E-state index contributed by atoms with van der Waals surface area (Å²) in [7, 11) is 0. The third-order valence-corrected chi connectivity index (χ3v) is 5.20. The number of anilines is 2. The van der Waals surface area contributed by atoms with Gasteiger partial charge in [0.05, 0.1) is 11.6 Å². The van der Waals surface area contributed by atoms with E-state index in [1.54, 1.807) is 12.4 Å². The number of imidazole rings is 1. The molecule has 0 radical (unpaired) electrons. The lowest BCUT2D eigenvalue weighted by Crippen LogP contribution is -2.41. The molecule has 32 heavy (non-hydrogen) atoms. The number of nitrogens with one attached hydrogen (secondary N) is 1. The van der Waals surface area contributed by atoms with E-state index >= 15 is 0 Å². The number of ether oxygens (including phenoxy) is 1. The van der Waals surface area contributed by atoms with E-state index in [1.807, 2.05) is 28.5 Å². The van der Waals surface area contributed by atoms with Gasteiger partial charge in [-0.05, 0) is 44.0 Å². The first-order valence-electron chi connectivity index (χ1n) is 10.0. The molecule has 1 aliphatic rings. The summed E-state index contributed by atoms with van der Waals surface area (Å²) in [6.07, 6.45) is -0.0208. The Morgan fingerprint density at radius 1 is 1.16 bits per heavy atom. The molecule has 0 spiro atoms. The van der Waals surface area contributed by atoms with Gasteiger partial charge in [0.25, 0.3) is 0 Å². The highest BCUT2D eigenvalue weighted by Crippen LogP contribution is 2.31. The van der Waals surface area contributed by atoms with Crippen LogP contribution in [0.15, 0.2) is 48.8 Å². The maximum atomic E-state index is 12.8. The molecule has 11 heteroatoms. The van der Waals surface area contributed by atoms with Crippen LogP contribution < -0.4 is 15.0 Å². The lowest BCUT2D eigenvalue weighted by Gasteiger charge is -2.32. The number of piperidine rings is 1. The monoisotopic (exact) mass is 446 g/mol. The van der Waals surface area contributed by atoms with E-state index in [0.717, 1.165) is 18.3 Å². The topological polar surface area (TPSA) is 85.2 Å². The summed E-state index contributed by atoms with van der Waals surface area (Å²) in [5, 5.41) is 11.1. The molecular weight excluding hydrogens is 425 g/mol. The molecule has 3 heterocycles. The Morgan fingerprint density at radius 2 is 1.91 bits per heavy atom. The van der Waals surface area contributed by atoms with Crippen LogP contribution in [-0.2, 0) is 4.79 Å². The fourth-order valence-electron chi connectivity index (χ4n) is 3.65. The van der Waals surface area contributed by atoms with E-state index in [-0.39, 0.29) is 11.6 Å². The highest BCUT2D eigenvalue weighted by Gasteiger charge is 2.33. The number of aromatic nitrogens is 4. The molecular formula is C21H21F3N6O2. The zero-order valence-electron chi connectivity index (χ0n) is 17.2. The van der Waals surface area contributed by atoms with Crippen LogP contribution in [0.3, 0.4) is 0 Å². The van der Waals surface area contributed by atoms with Crippen LogP contribution in [0.1, 0.15) is 18.7 Å². The number of hydrogen-bond donors (Lipinski definition) is 1. The van der Waals surface area contributed by atoms with Gasteiger partial charge in [-0.2, -0.15) is 0 Å². The van der Waals surface area contributed by atoms with Gasteiger partial charge < -0.3 is 15.0 Å². The molecule has 0 bridgehead atoms. The summed E-state index contributed by atoms with van der Waals surface area (Å²) in [6.45, 7) is 2.95. The quantitative estimate of drug-likeness (QED) is 0.643. The van der Waals surface area contributed by atoms with E-state index in [1.165, 1.54) is 18.2 Å². The molecule has 1 fully saturated rings. The lowest BCUT2D eigenvalue weighted by molar-refractivity contribution is -0.274. The molecule has 8 nitrogen and oxygen atoms in total. The second kappa shape index (κ2) is 8.85. The van der Waals surface area contributed by atoms with Crippen LogP contribution in [0.2, 0.25) is 0 Å². The highest BCUT2D eigenvalue weighted by atomic mass is 19.4. The smallest absolute Gasteiger partial charge is 0.404 e. The number of benzene rings is 1. The van der Waals surface area contributed by atoms with Gasteiger partial charge in [0.15, 0.2) is 17.4 Å². The largest absolute Gasteiger partial charge is 0.573 e. The van der Waals surface area contributed by atoms with Crippen molar-refractivity contribution in [2.75, 3.05) is 23.3 Å². The number of amides is 1. The van der Waals surface area contributed by atoms with Crippen molar-refractivity contribution in [2.45, 2.75) is 26.1 Å². The van der Waals surface area contributed by atoms with Crippen LogP contribution in [0.5, 0.6) is 5.75 Å². The van der Waals surface area contributed by atoms with E-state index in [0.29, 0.717) is 31.1 Å². The fourth-order valence-corrected chi connectivity index (χ4v) is 3.65. The molecule has 0 aliphatic carbocycles. The molecule has 0 saturated carbocycles. The Balaban J connectivity index is 1.43. The number of rotatable bonds is 5. The number of carbonyl (C=O) groups is 1. The minimum absolute atomic E-state index is 0.0215. The number of para-hydroxylation sites is 2. The number of halogens is 3. The van der Waals surface area contributed by atoms with Crippen molar-refractivity contribution in [3.8, 4) is 11.6 Å². The van der Waals surface area contributed by atoms with Gasteiger partial charge in [-0.1, -0.05) is 12.1 Å². The Labute approximate surface area is 182 Å². The van der Waals surface area contributed by atoms with E-state index in [9.17, 15) is 18.0 Å². The molecule has 1 aliphatic heterocycles. The lowest BCUT2D eigenvalue weighted by atomic mass is 9.97. The van der Waals surface area contributed by atoms with Crippen LogP contribution in [0, 0.1) is 12.8 Å². The number of carbonyl (C=O) groups excluding carboxylic acids is 1. The van der Waals surface area contributed by atoms with Crippen molar-refractivity contribution in [1.82, 2.24) is 19.7 Å². The van der Waals surface area contributed by atoms with Crippen LogP contribution in [0.4, 0.5) is 24.7 Å². The highest BCUT2D eigenvalue weighted by molar-refractivity contribution is 5.94. The molecule has 3 aromatic rings. The van der Waals surface area contributed by atoms with Crippen LogP contribution in [0.25, 0.3) is 5.82 Å². The van der Waals surface area contributed by atoms with Gasteiger partial charge in [0.1, 0.15) is 5.82 Å². The number of alkyl halides is 3. The normalized spacial score (nSPS) is 16.6. The summed E-state index contributed by atoms with van der Waals surface area (Å²) in [4.78, 5) is 18.9. The summed E-state index contributed by atoms with van der Waals surface area (Å²) < 4.78 is 43.7. The van der Waals surface area contributed by atoms with Gasteiger partial charge in [-0.15, -0.1) is 23.4 Å². The number of aryl methyl sites for hydroxylation is 1. The minimum atomic E-state index is -4.84. The molecule has 1 amide bonds. The van der Waals surface area contributed by atoms with Crippen molar-refractivity contribution in [3.05, 3.63) is 54.6 Å². The minimum Gasteiger partial charge on any atom is -0.404 e. The number of hydrogen-bond acceptors (Lipinski definition) is 6. The number of nitrogens with zero attached hydrogens (tertiary/aromatic N) is 5. The van der Waals surface area contributed by atoms with Crippen LogP contribution >= 0.6 is 0 Å². The molecule has 1 saturated heterocycles. The average Bonchev–Trinajstić information content (AvgIpc) is 3.20. The Morgan fingerprint density at radius 3 is 2.59 bits per heavy atom. The van der Waals surface area contributed by atoms with Crippen molar-refractivity contribution in [2.24, 2.45) is 5.92 Å². The maximum absolute atomic E-state index is 12.8. The van der Waals surface area contributed by atoms with Gasteiger partial charge in [0.2, 0.25) is 5.91 Å². The summed E-state index contributed by atoms with van der Waals surface area (Å²) in [5.74, 6) is 0.821. The Hall–Kier alpha value is -3.63. The fraction of sp³-hybridized carbons (Fsp3) is 0.333. The predicted molar refractivity (Wildman–Crippen MR) is 111 cm³/mol. The van der Waals surface area contributed by atoms with E-state index < -0.39 is 18.0 Å². The average molecular weight is 446 g/mol. The molecule has 168 valence electrons. The molecule has 1 aromatic carbocycles. The Bertz CT molecular complexity index is 1080. The zero-order valence-corrected chi connectivity index (χ0v) is 17.2. The first-order chi connectivity index (χ1) is 15.3. The molecule has 4 rings (SSSR count). The van der Waals surface area contributed by atoms with Gasteiger partial charge in [-0.3, -0.25) is 9.36 Å². The molecule has 1 N–H and O–H groups in total.